The van der Waals surface area contributed by atoms with Gasteiger partial charge in [-0.05, 0) is 35.2 Å². The van der Waals surface area contributed by atoms with Crippen LogP contribution < -0.4 is 10.6 Å². The molecule has 146 valence electrons. The highest BCUT2D eigenvalue weighted by Gasteiger charge is 2.34. The van der Waals surface area contributed by atoms with Crippen LogP contribution >= 0.6 is 58.0 Å². The minimum atomic E-state index is -1.83. The summed E-state index contributed by atoms with van der Waals surface area (Å²) in [6.45, 7) is 6.29. The van der Waals surface area contributed by atoms with E-state index in [0.717, 1.165) is 5.56 Å². The van der Waals surface area contributed by atoms with E-state index in [0.29, 0.717) is 16.3 Å². The van der Waals surface area contributed by atoms with Gasteiger partial charge in [0.2, 0.25) is 3.79 Å². The van der Waals surface area contributed by atoms with Crippen LogP contribution in [0.25, 0.3) is 0 Å². The Morgan fingerprint density at radius 2 is 1.56 bits per heavy atom. The zero-order chi connectivity index (χ0) is 20.4. The first kappa shape index (κ1) is 22.4. The van der Waals surface area contributed by atoms with Crippen LogP contribution in [0.2, 0.25) is 10.0 Å². The lowest BCUT2D eigenvalue weighted by atomic mass is 9.87. The number of alkyl halides is 3. The number of rotatable bonds is 4. The summed E-state index contributed by atoms with van der Waals surface area (Å²) in [4.78, 5) is 12.6. The van der Waals surface area contributed by atoms with Crippen LogP contribution in [0.15, 0.2) is 42.5 Å². The molecule has 1 amide bonds. The first-order valence-electron chi connectivity index (χ1n) is 8.08. The van der Waals surface area contributed by atoms with Gasteiger partial charge in [-0.15, -0.1) is 0 Å². The summed E-state index contributed by atoms with van der Waals surface area (Å²) in [5.41, 5.74) is 1.98. The molecule has 0 fully saturated rings. The minimum Gasteiger partial charge on any atom is -0.361 e. The van der Waals surface area contributed by atoms with Gasteiger partial charge in [0.1, 0.15) is 6.17 Å². The molecular formula is C19H19Cl5N2O. The Morgan fingerprint density at radius 3 is 2.07 bits per heavy atom. The molecule has 1 unspecified atom stereocenters. The van der Waals surface area contributed by atoms with Gasteiger partial charge in [-0.3, -0.25) is 4.79 Å². The lowest BCUT2D eigenvalue weighted by Crippen LogP contribution is -2.49. The van der Waals surface area contributed by atoms with Crippen molar-refractivity contribution in [3.05, 3.63) is 63.6 Å². The van der Waals surface area contributed by atoms with Crippen LogP contribution in [-0.4, -0.2) is 15.9 Å². The van der Waals surface area contributed by atoms with Crippen molar-refractivity contribution in [2.45, 2.75) is 36.1 Å². The molecule has 0 saturated carbocycles. The summed E-state index contributed by atoms with van der Waals surface area (Å²) in [5.74, 6) is -0.391. The van der Waals surface area contributed by atoms with E-state index in [-0.39, 0.29) is 10.4 Å². The molecule has 8 heteroatoms. The summed E-state index contributed by atoms with van der Waals surface area (Å²) in [6.07, 6.45) is -1.03. The number of hydrogen-bond donors (Lipinski definition) is 2. The molecule has 2 rings (SSSR count). The molecule has 0 aliphatic heterocycles. The smallest absolute Gasteiger partial charge is 0.252 e. The van der Waals surface area contributed by atoms with Crippen LogP contribution in [0.5, 0.6) is 0 Å². The first-order valence-corrected chi connectivity index (χ1v) is 9.97. The van der Waals surface area contributed by atoms with Crippen molar-refractivity contribution in [2.24, 2.45) is 0 Å². The number of amides is 1. The quantitative estimate of drug-likeness (QED) is 0.381. The zero-order valence-electron chi connectivity index (χ0n) is 14.9. The molecule has 0 bridgehead atoms. The van der Waals surface area contributed by atoms with E-state index in [1.807, 2.05) is 12.1 Å². The molecule has 0 heterocycles. The third-order valence-corrected chi connectivity index (χ3v) is 5.34. The molecular weight excluding hydrogens is 449 g/mol. The number of hydrogen-bond acceptors (Lipinski definition) is 2. The fraction of sp³-hybridized carbons (Fsp3) is 0.316. The van der Waals surface area contributed by atoms with Crippen molar-refractivity contribution < 1.29 is 4.79 Å². The Balaban J connectivity index is 2.21. The van der Waals surface area contributed by atoms with E-state index < -0.39 is 15.9 Å². The second-order valence-corrected chi connectivity index (χ2v) is 10.2. The standard InChI is InChI=1S/C19H19Cl5N2O/c1-18(2,3)12-9-7-11(8-10-12)16(27)26-17(19(22,23)24)25-14-6-4-5-13(20)15(14)21/h4-10,17,25H,1-3H3,(H,26,27). The molecule has 2 aromatic carbocycles. The van der Waals surface area contributed by atoms with Gasteiger partial charge in [0, 0.05) is 5.56 Å². The van der Waals surface area contributed by atoms with E-state index in [9.17, 15) is 4.79 Å². The van der Waals surface area contributed by atoms with E-state index in [1.165, 1.54) is 0 Å². The van der Waals surface area contributed by atoms with E-state index in [2.05, 4.69) is 31.4 Å². The molecule has 0 spiro atoms. The topological polar surface area (TPSA) is 41.1 Å². The monoisotopic (exact) mass is 466 g/mol. The average molecular weight is 469 g/mol. The molecule has 27 heavy (non-hydrogen) atoms. The first-order chi connectivity index (χ1) is 12.4. The highest BCUT2D eigenvalue weighted by molar-refractivity contribution is 6.68. The number of carbonyl (C=O) groups excluding carboxylic acids is 1. The van der Waals surface area contributed by atoms with Crippen LogP contribution in [0.4, 0.5) is 5.69 Å². The van der Waals surface area contributed by atoms with Crippen molar-refractivity contribution in [3.63, 3.8) is 0 Å². The van der Waals surface area contributed by atoms with Gasteiger partial charge in [-0.1, -0.05) is 97.0 Å². The van der Waals surface area contributed by atoms with Gasteiger partial charge < -0.3 is 10.6 Å². The van der Waals surface area contributed by atoms with E-state index in [4.69, 9.17) is 58.0 Å². The zero-order valence-corrected chi connectivity index (χ0v) is 18.7. The third kappa shape index (κ3) is 6.07. The lowest BCUT2D eigenvalue weighted by molar-refractivity contribution is 0.0942. The fourth-order valence-electron chi connectivity index (χ4n) is 2.31. The van der Waals surface area contributed by atoms with Crippen molar-refractivity contribution in [3.8, 4) is 0 Å². The predicted octanol–water partition coefficient (Wildman–Crippen LogP) is 6.83. The molecule has 1 atom stereocenters. The minimum absolute atomic E-state index is 0.0139. The summed E-state index contributed by atoms with van der Waals surface area (Å²) in [7, 11) is 0. The van der Waals surface area contributed by atoms with Gasteiger partial charge >= 0.3 is 0 Å². The summed E-state index contributed by atoms with van der Waals surface area (Å²) < 4.78 is -1.83. The maximum atomic E-state index is 12.6. The normalized spacial score (nSPS) is 13.2. The Hall–Kier alpha value is -0.840. The average Bonchev–Trinajstić information content (AvgIpc) is 2.56. The Morgan fingerprint density at radius 1 is 0.963 bits per heavy atom. The summed E-state index contributed by atoms with van der Waals surface area (Å²) in [6, 6.07) is 12.3. The number of carbonyl (C=O) groups is 1. The number of anilines is 1. The highest BCUT2D eigenvalue weighted by atomic mass is 35.6. The van der Waals surface area contributed by atoms with Crippen LogP contribution in [-0.2, 0) is 5.41 Å². The van der Waals surface area contributed by atoms with Crippen molar-refractivity contribution in [2.75, 3.05) is 5.32 Å². The van der Waals surface area contributed by atoms with Crippen LogP contribution in [0, 0.1) is 0 Å². The van der Waals surface area contributed by atoms with Gasteiger partial charge in [-0.25, -0.2) is 0 Å². The summed E-state index contributed by atoms with van der Waals surface area (Å²) in [5, 5.41) is 6.21. The Bertz CT molecular complexity index is 810. The molecule has 0 radical (unpaired) electrons. The summed E-state index contributed by atoms with van der Waals surface area (Å²) >= 11 is 30.3. The second kappa shape index (κ2) is 8.67. The number of benzene rings is 2. The molecule has 0 aliphatic rings. The maximum Gasteiger partial charge on any atom is 0.252 e. The molecule has 0 saturated heterocycles. The van der Waals surface area contributed by atoms with Crippen molar-refractivity contribution in [1.29, 1.82) is 0 Å². The molecule has 2 aromatic rings. The fourth-order valence-corrected chi connectivity index (χ4v) is 2.99. The maximum absolute atomic E-state index is 12.6. The Kier molecular flexibility index (Phi) is 7.21. The van der Waals surface area contributed by atoms with Crippen molar-refractivity contribution >= 4 is 69.6 Å². The van der Waals surface area contributed by atoms with Gasteiger partial charge in [0.05, 0.1) is 15.7 Å². The molecule has 0 aliphatic carbocycles. The van der Waals surface area contributed by atoms with E-state index >= 15 is 0 Å². The van der Waals surface area contributed by atoms with Gasteiger partial charge in [0.15, 0.2) is 0 Å². The predicted molar refractivity (Wildman–Crippen MR) is 117 cm³/mol. The second-order valence-electron chi connectivity index (χ2n) is 7.02. The van der Waals surface area contributed by atoms with Crippen LogP contribution in [0.3, 0.4) is 0 Å². The lowest BCUT2D eigenvalue weighted by Gasteiger charge is -2.28. The largest absolute Gasteiger partial charge is 0.361 e. The molecule has 2 N–H and O–H groups in total. The number of nitrogens with one attached hydrogen (secondary N) is 2. The van der Waals surface area contributed by atoms with E-state index in [1.54, 1.807) is 30.3 Å². The number of halogens is 5. The van der Waals surface area contributed by atoms with Gasteiger partial charge in [-0.2, -0.15) is 0 Å². The van der Waals surface area contributed by atoms with Gasteiger partial charge in [0.25, 0.3) is 5.91 Å². The SMILES string of the molecule is CC(C)(C)c1ccc(C(=O)NC(Nc2cccc(Cl)c2Cl)C(Cl)(Cl)Cl)cc1. The molecule has 3 nitrogen and oxygen atoms in total. The van der Waals surface area contributed by atoms with Crippen molar-refractivity contribution in [1.82, 2.24) is 5.32 Å². The highest BCUT2D eigenvalue weighted by Crippen LogP contribution is 2.35. The van der Waals surface area contributed by atoms with Crippen LogP contribution in [0.1, 0.15) is 36.7 Å². The molecule has 0 aromatic heterocycles. The third-order valence-electron chi connectivity index (χ3n) is 3.87. The Labute approximate surface area is 184 Å².